The zero-order valence-corrected chi connectivity index (χ0v) is 8.44. The molecule has 0 amide bonds. The fourth-order valence-corrected chi connectivity index (χ4v) is 1.47. The molecule has 0 radical (unpaired) electrons. The predicted molar refractivity (Wildman–Crippen MR) is 52.2 cm³/mol. The molecule has 0 spiro atoms. The quantitative estimate of drug-likeness (QED) is 0.789. The SMILES string of the molecule is Cc1c(F)cc(Cl)c(O)c1CCC=O. The summed E-state index contributed by atoms with van der Waals surface area (Å²) < 4.78 is 13.2. The highest BCUT2D eigenvalue weighted by Gasteiger charge is 2.13. The van der Waals surface area contributed by atoms with Crippen LogP contribution in [-0.2, 0) is 11.2 Å². The molecule has 1 aromatic rings. The van der Waals surface area contributed by atoms with E-state index in [0.717, 1.165) is 12.4 Å². The van der Waals surface area contributed by atoms with Crippen molar-refractivity contribution in [1.29, 1.82) is 0 Å². The summed E-state index contributed by atoms with van der Waals surface area (Å²) in [6, 6.07) is 1.07. The molecule has 0 fully saturated rings. The third-order valence-corrected chi connectivity index (χ3v) is 2.38. The lowest BCUT2D eigenvalue weighted by molar-refractivity contribution is -0.107. The highest BCUT2D eigenvalue weighted by Crippen LogP contribution is 2.32. The van der Waals surface area contributed by atoms with Crippen LogP contribution in [0.5, 0.6) is 5.75 Å². The van der Waals surface area contributed by atoms with Gasteiger partial charge in [-0.1, -0.05) is 11.6 Å². The van der Waals surface area contributed by atoms with Gasteiger partial charge in [-0.15, -0.1) is 0 Å². The minimum Gasteiger partial charge on any atom is -0.506 e. The summed E-state index contributed by atoms with van der Waals surface area (Å²) in [6.07, 6.45) is 1.27. The van der Waals surface area contributed by atoms with Gasteiger partial charge in [0.2, 0.25) is 0 Å². The van der Waals surface area contributed by atoms with Crippen molar-refractivity contribution in [3.63, 3.8) is 0 Å². The number of rotatable bonds is 3. The van der Waals surface area contributed by atoms with Gasteiger partial charge in [0, 0.05) is 12.0 Å². The van der Waals surface area contributed by atoms with E-state index in [9.17, 15) is 14.3 Å². The molecular weight excluding hydrogens is 207 g/mol. The fourth-order valence-electron chi connectivity index (χ4n) is 1.26. The van der Waals surface area contributed by atoms with Crippen molar-refractivity contribution in [2.24, 2.45) is 0 Å². The average molecular weight is 217 g/mol. The minimum absolute atomic E-state index is 0.0194. The van der Waals surface area contributed by atoms with Gasteiger partial charge in [0.15, 0.2) is 0 Å². The molecule has 1 N–H and O–H groups in total. The molecule has 0 aliphatic carbocycles. The molecule has 0 heterocycles. The van der Waals surface area contributed by atoms with Crippen LogP contribution in [0.15, 0.2) is 6.07 Å². The molecule has 0 saturated heterocycles. The monoisotopic (exact) mass is 216 g/mol. The van der Waals surface area contributed by atoms with Crippen LogP contribution in [0.3, 0.4) is 0 Å². The Balaban J connectivity index is 3.17. The summed E-state index contributed by atoms with van der Waals surface area (Å²) >= 11 is 5.59. The van der Waals surface area contributed by atoms with Crippen LogP contribution in [0.25, 0.3) is 0 Å². The number of hydrogen-bond acceptors (Lipinski definition) is 2. The van der Waals surface area contributed by atoms with Crippen molar-refractivity contribution < 1.29 is 14.3 Å². The van der Waals surface area contributed by atoms with Gasteiger partial charge in [-0.25, -0.2) is 4.39 Å². The normalized spacial score (nSPS) is 10.2. The Kier molecular flexibility index (Phi) is 3.47. The fraction of sp³-hybridized carbons (Fsp3) is 0.300. The maximum atomic E-state index is 13.2. The van der Waals surface area contributed by atoms with E-state index in [1.165, 1.54) is 0 Å². The van der Waals surface area contributed by atoms with Crippen molar-refractivity contribution >= 4 is 17.9 Å². The van der Waals surface area contributed by atoms with E-state index in [2.05, 4.69) is 0 Å². The Bertz CT molecular complexity index is 337. The summed E-state index contributed by atoms with van der Waals surface area (Å²) in [7, 11) is 0. The summed E-state index contributed by atoms with van der Waals surface area (Å²) in [5, 5.41) is 9.50. The number of phenolic OH excluding ortho intramolecular Hbond substituents is 1. The highest BCUT2D eigenvalue weighted by molar-refractivity contribution is 6.32. The van der Waals surface area contributed by atoms with E-state index in [1.807, 2.05) is 0 Å². The van der Waals surface area contributed by atoms with Crippen LogP contribution >= 0.6 is 11.6 Å². The molecule has 0 saturated carbocycles. The van der Waals surface area contributed by atoms with Crippen LogP contribution in [0, 0.1) is 12.7 Å². The van der Waals surface area contributed by atoms with E-state index >= 15 is 0 Å². The molecule has 2 nitrogen and oxygen atoms in total. The molecule has 1 rings (SSSR count). The maximum absolute atomic E-state index is 13.2. The number of halogens is 2. The van der Waals surface area contributed by atoms with Crippen LogP contribution in [0.1, 0.15) is 17.5 Å². The largest absolute Gasteiger partial charge is 0.506 e. The molecule has 14 heavy (non-hydrogen) atoms. The third-order valence-electron chi connectivity index (χ3n) is 2.09. The molecule has 76 valence electrons. The lowest BCUT2D eigenvalue weighted by Gasteiger charge is -2.09. The van der Waals surface area contributed by atoms with Crippen LogP contribution < -0.4 is 0 Å². The molecule has 0 unspecified atom stereocenters. The number of hydrogen-bond donors (Lipinski definition) is 1. The Labute approximate surface area is 86.3 Å². The van der Waals surface area contributed by atoms with E-state index in [1.54, 1.807) is 6.92 Å². The van der Waals surface area contributed by atoms with E-state index in [4.69, 9.17) is 11.6 Å². The lowest BCUT2D eigenvalue weighted by atomic mass is 10.0. The minimum atomic E-state index is -0.464. The van der Waals surface area contributed by atoms with E-state index < -0.39 is 5.82 Å². The first-order chi connectivity index (χ1) is 6.57. The number of aromatic hydroxyl groups is 1. The van der Waals surface area contributed by atoms with Gasteiger partial charge in [-0.2, -0.15) is 0 Å². The van der Waals surface area contributed by atoms with Crippen molar-refractivity contribution in [3.8, 4) is 5.75 Å². The van der Waals surface area contributed by atoms with Crippen molar-refractivity contribution in [3.05, 3.63) is 28.0 Å². The Morgan fingerprint density at radius 2 is 2.29 bits per heavy atom. The number of benzene rings is 1. The van der Waals surface area contributed by atoms with Crippen LogP contribution in [0.2, 0.25) is 5.02 Å². The number of phenols is 1. The van der Waals surface area contributed by atoms with Crippen molar-refractivity contribution in [2.75, 3.05) is 0 Å². The zero-order chi connectivity index (χ0) is 10.7. The summed E-state index contributed by atoms with van der Waals surface area (Å²) in [6.45, 7) is 1.55. The second-order valence-electron chi connectivity index (χ2n) is 3.00. The second kappa shape index (κ2) is 4.42. The summed E-state index contributed by atoms with van der Waals surface area (Å²) in [5.74, 6) is -0.596. The number of aldehydes is 1. The summed E-state index contributed by atoms with van der Waals surface area (Å²) in [4.78, 5) is 10.2. The van der Waals surface area contributed by atoms with Gasteiger partial charge in [0.1, 0.15) is 17.9 Å². The Hall–Kier alpha value is -1.09. The van der Waals surface area contributed by atoms with E-state index in [-0.39, 0.29) is 17.2 Å². The standard InChI is InChI=1S/C10H10ClFO2/c1-6-7(3-2-4-13)10(14)8(11)5-9(6)12/h4-5,14H,2-3H2,1H3. The second-order valence-corrected chi connectivity index (χ2v) is 3.40. The molecular formula is C10H10ClFO2. The maximum Gasteiger partial charge on any atom is 0.137 e. The summed E-state index contributed by atoms with van der Waals surface area (Å²) in [5.41, 5.74) is 0.746. The molecule has 0 aliphatic rings. The Morgan fingerprint density at radius 1 is 1.64 bits per heavy atom. The zero-order valence-electron chi connectivity index (χ0n) is 7.68. The first-order valence-electron chi connectivity index (χ1n) is 4.18. The molecule has 1 aromatic carbocycles. The van der Waals surface area contributed by atoms with Crippen LogP contribution in [-0.4, -0.2) is 11.4 Å². The Morgan fingerprint density at radius 3 is 2.86 bits per heavy atom. The van der Waals surface area contributed by atoms with Gasteiger partial charge < -0.3 is 9.90 Å². The van der Waals surface area contributed by atoms with Gasteiger partial charge in [0.05, 0.1) is 5.02 Å². The first-order valence-corrected chi connectivity index (χ1v) is 4.55. The average Bonchev–Trinajstić information content (AvgIpc) is 2.15. The molecule has 4 heteroatoms. The smallest absolute Gasteiger partial charge is 0.137 e. The molecule has 0 bridgehead atoms. The highest BCUT2D eigenvalue weighted by atomic mass is 35.5. The molecule has 0 aliphatic heterocycles. The number of carbonyl (C=O) groups excluding carboxylic acids is 1. The van der Waals surface area contributed by atoms with Crippen LogP contribution in [0.4, 0.5) is 4.39 Å². The topological polar surface area (TPSA) is 37.3 Å². The van der Waals surface area contributed by atoms with Crippen molar-refractivity contribution in [2.45, 2.75) is 19.8 Å². The van der Waals surface area contributed by atoms with Gasteiger partial charge >= 0.3 is 0 Å². The molecule has 0 atom stereocenters. The van der Waals surface area contributed by atoms with Gasteiger partial charge in [0.25, 0.3) is 0 Å². The van der Waals surface area contributed by atoms with Gasteiger partial charge in [-0.05, 0) is 25.0 Å². The van der Waals surface area contributed by atoms with Crippen molar-refractivity contribution in [1.82, 2.24) is 0 Å². The first kappa shape index (κ1) is 11.0. The molecule has 0 aromatic heterocycles. The third kappa shape index (κ3) is 2.04. The van der Waals surface area contributed by atoms with Gasteiger partial charge in [-0.3, -0.25) is 0 Å². The number of carbonyl (C=O) groups is 1. The lowest BCUT2D eigenvalue weighted by Crippen LogP contribution is -1.95. The van der Waals surface area contributed by atoms with E-state index in [0.29, 0.717) is 17.5 Å². The predicted octanol–water partition coefficient (Wildman–Crippen LogP) is 2.62.